The average molecular weight is 273 g/mol. The molecule has 3 heterocycles. The first-order valence-corrected chi connectivity index (χ1v) is 6.05. The van der Waals surface area contributed by atoms with Crippen LogP contribution in [0, 0.1) is 4.77 Å². The molecule has 3 rings (SSSR count). The number of pyridine rings is 1. The Bertz CT molecular complexity index is 740. The standard InChI is InChI=1S/C11H11N7S/c1-17-7-13-9(16-17)6-18-10(14-15-11(18)19)8-2-4-12-5-3-8/h2-5,7H,6H2,1H3,(H,15,19). The first-order chi connectivity index (χ1) is 9.24. The minimum absolute atomic E-state index is 0.480. The Morgan fingerprint density at radius 3 is 2.79 bits per heavy atom. The van der Waals surface area contributed by atoms with E-state index >= 15 is 0 Å². The van der Waals surface area contributed by atoms with Gasteiger partial charge in [0, 0.05) is 25.0 Å². The van der Waals surface area contributed by atoms with Crippen LogP contribution in [0.4, 0.5) is 0 Å². The second-order valence-corrected chi connectivity index (χ2v) is 4.40. The van der Waals surface area contributed by atoms with Crippen LogP contribution in [0.25, 0.3) is 11.4 Å². The summed E-state index contributed by atoms with van der Waals surface area (Å²) in [5, 5.41) is 11.3. The highest BCUT2D eigenvalue weighted by Gasteiger charge is 2.10. The second-order valence-electron chi connectivity index (χ2n) is 4.01. The smallest absolute Gasteiger partial charge is 0.195 e. The molecule has 0 radical (unpaired) electrons. The highest BCUT2D eigenvalue weighted by molar-refractivity contribution is 7.71. The minimum atomic E-state index is 0.480. The summed E-state index contributed by atoms with van der Waals surface area (Å²) in [5.74, 6) is 1.44. The van der Waals surface area contributed by atoms with Gasteiger partial charge >= 0.3 is 0 Å². The largest absolute Gasteiger partial charge is 0.292 e. The number of aryl methyl sites for hydroxylation is 1. The molecule has 7 nitrogen and oxygen atoms in total. The fraction of sp³-hybridized carbons (Fsp3) is 0.182. The van der Waals surface area contributed by atoms with Gasteiger partial charge < -0.3 is 0 Å². The molecule has 0 aromatic carbocycles. The van der Waals surface area contributed by atoms with Gasteiger partial charge in [0.15, 0.2) is 16.4 Å². The first kappa shape index (κ1) is 11.7. The van der Waals surface area contributed by atoms with Gasteiger partial charge in [0.05, 0.1) is 6.54 Å². The Morgan fingerprint density at radius 1 is 1.32 bits per heavy atom. The van der Waals surface area contributed by atoms with E-state index in [4.69, 9.17) is 12.2 Å². The summed E-state index contributed by atoms with van der Waals surface area (Å²) in [6.07, 6.45) is 5.10. The molecule has 0 aliphatic rings. The van der Waals surface area contributed by atoms with Gasteiger partial charge in [-0.15, -0.1) is 0 Å². The lowest BCUT2D eigenvalue weighted by Crippen LogP contribution is -2.05. The predicted octanol–water partition coefficient (Wildman–Crippen LogP) is 1.18. The zero-order chi connectivity index (χ0) is 13.2. The molecule has 19 heavy (non-hydrogen) atoms. The first-order valence-electron chi connectivity index (χ1n) is 5.64. The lowest BCUT2D eigenvalue weighted by Gasteiger charge is -2.03. The van der Waals surface area contributed by atoms with Crippen molar-refractivity contribution in [1.29, 1.82) is 0 Å². The van der Waals surface area contributed by atoms with E-state index in [-0.39, 0.29) is 0 Å². The molecule has 0 atom stereocenters. The maximum atomic E-state index is 5.25. The van der Waals surface area contributed by atoms with Crippen molar-refractivity contribution < 1.29 is 0 Å². The third kappa shape index (κ3) is 2.29. The molecule has 0 bridgehead atoms. The molecular weight excluding hydrogens is 262 g/mol. The third-order valence-corrected chi connectivity index (χ3v) is 2.96. The fourth-order valence-corrected chi connectivity index (χ4v) is 1.98. The topological polar surface area (TPSA) is 77.2 Å². The third-order valence-electron chi connectivity index (χ3n) is 2.64. The van der Waals surface area contributed by atoms with Gasteiger partial charge in [0.1, 0.15) is 6.33 Å². The Morgan fingerprint density at radius 2 is 2.11 bits per heavy atom. The van der Waals surface area contributed by atoms with Crippen LogP contribution in [-0.4, -0.2) is 34.5 Å². The van der Waals surface area contributed by atoms with Gasteiger partial charge in [-0.2, -0.15) is 10.2 Å². The zero-order valence-electron chi connectivity index (χ0n) is 10.2. The molecule has 0 spiro atoms. The number of rotatable bonds is 3. The van der Waals surface area contributed by atoms with Gasteiger partial charge in [-0.1, -0.05) is 0 Å². The van der Waals surface area contributed by atoms with E-state index in [1.807, 2.05) is 23.7 Å². The van der Waals surface area contributed by atoms with Crippen molar-refractivity contribution in [3.63, 3.8) is 0 Å². The van der Waals surface area contributed by atoms with Crippen molar-refractivity contribution in [2.45, 2.75) is 6.54 Å². The van der Waals surface area contributed by atoms with Crippen LogP contribution >= 0.6 is 12.2 Å². The zero-order valence-corrected chi connectivity index (χ0v) is 11.0. The van der Waals surface area contributed by atoms with Crippen LogP contribution in [-0.2, 0) is 13.6 Å². The number of aromatic amines is 1. The highest BCUT2D eigenvalue weighted by atomic mass is 32.1. The Hall–Kier alpha value is -2.35. The molecule has 1 N–H and O–H groups in total. The Kier molecular flexibility index (Phi) is 2.92. The van der Waals surface area contributed by atoms with Crippen molar-refractivity contribution in [3.05, 3.63) is 41.4 Å². The minimum Gasteiger partial charge on any atom is -0.292 e. The summed E-state index contributed by atoms with van der Waals surface area (Å²) in [6, 6.07) is 3.76. The molecule has 0 saturated carbocycles. The fourth-order valence-electron chi connectivity index (χ4n) is 1.78. The number of aromatic nitrogens is 7. The van der Waals surface area contributed by atoms with Crippen LogP contribution in [0.15, 0.2) is 30.9 Å². The van der Waals surface area contributed by atoms with E-state index in [0.29, 0.717) is 17.1 Å². The van der Waals surface area contributed by atoms with Crippen molar-refractivity contribution in [1.82, 2.24) is 34.5 Å². The lowest BCUT2D eigenvalue weighted by molar-refractivity contribution is 0.699. The quantitative estimate of drug-likeness (QED) is 0.725. The molecule has 3 aromatic heterocycles. The molecule has 0 amide bonds. The predicted molar refractivity (Wildman–Crippen MR) is 70.7 cm³/mol. The molecule has 0 aliphatic heterocycles. The summed E-state index contributed by atoms with van der Waals surface area (Å²) in [6.45, 7) is 0.480. The number of nitrogens with zero attached hydrogens (tertiary/aromatic N) is 6. The van der Waals surface area contributed by atoms with Crippen molar-refractivity contribution >= 4 is 12.2 Å². The van der Waals surface area contributed by atoms with E-state index in [2.05, 4.69) is 25.3 Å². The molecule has 0 unspecified atom stereocenters. The van der Waals surface area contributed by atoms with Crippen LogP contribution in [0.5, 0.6) is 0 Å². The van der Waals surface area contributed by atoms with E-state index in [1.165, 1.54) is 0 Å². The summed E-state index contributed by atoms with van der Waals surface area (Å²) in [4.78, 5) is 8.19. The molecular formula is C11H11N7S. The summed E-state index contributed by atoms with van der Waals surface area (Å²) >= 11 is 5.25. The molecule has 3 aromatic rings. The van der Waals surface area contributed by atoms with E-state index in [1.54, 1.807) is 23.4 Å². The van der Waals surface area contributed by atoms with E-state index < -0.39 is 0 Å². The van der Waals surface area contributed by atoms with E-state index in [0.717, 1.165) is 11.4 Å². The SMILES string of the molecule is Cn1cnc(Cn2c(-c3ccncc3)n[nH]c2=S)n1. The Labute approximate surface area is 114 Å². The maximum absolute atomic E-state index is 5.25. The number of hydrogen-bond donors (Lipinski definition) is 1. The van der Waals surface area contributed by atoms with Crippen molar-refractivity contribution in [2.24, 2.45) is 7.05 Å². The van der Waals surface area contributed by atoms with Crippen molar-refractivity contribution in [3.8, 4) is 11.4 Å². The van der Waals surface area contributed by atoms with Crippen LogP contribution in [0.1, 0.15) is 5.82 Å². The van der Waals surface area contributed by atoms with Crippen LogP contribution in [0.3, 0.4) is 0 Å². The normalized spacial score (nSPS) is 10.8. The van der Waals surface area contributed by atoms with Gasteiger partial charge in [0.2, 0.25) is 0 Å². The van der Waals surface area contributed by atoms with E-state index in [9.17, 15) is 0 Å². The molecule has 0 aliphatic carbocycles. The summed E-state index contributed by atoms with van der Waals surface area (Å²) in [5.41, 5.74) is 0.943. The monoisotopic (exact) mass is 273 g/mol. The maximum Gasteiger partial charge on any atom is 0.195 e. The molecule has 96 valence electrons. The highest BCUT2D eigenvalue weighted by Crippen LogP contribution is 2.16. The molecule has 8 heteroatoms. The summed E-state index contributed by atoms with van der Waals surface area (Å²) < 4.78 is 4.06. The number of hydrogen-bond acceptors (Lipinski definition) is 5. The molecule has 0 fully saturated rings. The van der Waals surface area contributed by atoms with Crippen LogP contribution < -0.4 is 0 Å². The van der Waals surface area contributed by atoms with Crippen molar-refractivity contribution in [2.75, 3.05) is 0 Å². The van der Waals surface area contributed by atoms with Gasteiger partial charge in [-0.3, -0.25) is 19.3 Å². The lowest BCUT2D eigenvalue weighted by atomic mass is 10.2. The number of H-pyrrole nitrogens is 1. The number of nitrogens with one attached hydrogen (secondary N) is 1. The van der Waals surface area contributed by atoms with Gasteiger partial charge in [-0.05, 0) is 24.4 Å². The summed E-state index contributed by atoms with van der Waals surface area (Å²) in [7, 11) is 1.83. The second kappa shape index (κ2) is 4.73. The Balaban J connectivity index is 2.02. The van der Waals surface area contributed by atoms with Gasteiger partial charge in [0.25, 0.3) is 0 Å². The molecule has 0 saturated heterocycles. The van der Waals surface area contributed by atoms with Crippen LogP contribution in [0.2, 0.25) is 0 Å². The van der Waals surface area contributed by atoms with Gasteiger partial charge in [-0.25, -0.2) is 4.98 Å². The average Bonchev–Trinajstić information content (AvgIpc) is 2.99.